The third-order valence-electron chi connectivity index (χ3n) is 2.83. The van der Waals surface area contributed by atoms with Gasteiger partial charge in [-0.25, -0.2) is 0 Å². The van der Waals surface area contributed by atoms with Crippen LogP contribution in [0.3, 0.4) is 0 Å². The molecule has 0 heterocycles. The highest BCUT2D eigenvalue weighted by atomic mass is 16.1. The number of ketones is 2. The second-order valence-electron chi connectivity index (χ2n) is 4.38. The average molecular weight is 250 g/mol. The summed E-state index contributed by atoms with van der Waals surface area (Å²) in [7, 11) is 0. The van der Waals surface area contributed by atoms with Crippen molar-refractivity contribution in [2.24, 2.45) is 0 Å². The zero-order chi connectivity index (χ0) is 13.8. The Hall–Kier alpha value is -2.48. The zero-order valence-electron chi connectivity index (χ0n) is 10.7. The Morgan fingerprint density at radius 2 is 1.26 bits per heavy atom. The molecule has 0 spiro atoms. The zero-order valence-corrected chi connectivity index (χ0v) is 10.7. The molecular weight excluding hydrogens is 236 g/mol. The van der Waals surface area contributed by atoms with Gasteiger partial charge in [0, 0.05) is 16.7 Å². The predicted octanol–water partition coefficient (Wildman–Crippen LogP) is 3.68. The van der Waals surface area contributed by atoms with Crippen molar-refractivity contribution in [3.63, 3.8) is 0 Å². The quantitative estimate of drug-likeness (QED) is 0.612. The Kier molecular flexibility index (Phi) is 3.71. The highest BCUT2D eigenvalue weighted by Gasteiger charge is 2.10. The van der Waals surface area contributed by atoms with E-state index >= 15 is 0 Å². The Morgan fingerprint density at radius 3 is 1.79 bits per heavy atom. The smallest absolute Gasteiger partial charge is 0.193 e. The minimum Gasteiger partial charge on any atom is -0.289 e. The molecule has 2 rings (SSSR count). The molecular formula is C17H14O2. The van der Waals surface area contributed by atoms with Crippen LogP contribution in [0.4, 0.5) is 0 Å². The van der Waals surface area contributed by atoms with Crippen LogP contribution in [0.15, 0.2) is 66.7 Å². The summed E-state index contributed by atoms with van der Waals surface area (Å²) in [6, 6.07) is 15.7. The second kappa shape index (κ2) is 5.44. The number of carbonyl (C=O) groups is 2. The van der Waals surface area contributed by atoms with E-state index in [0.29, 0.717) is 22.3 Å². The lowest BCUT2D eigenvalue weighted by molar-refractivity contribution is 0.102. The molecule has 0 radical (unpaired) electrons. The molecule has 0 fully saturated rings. The SMILES string of the molecule is C=C(C)C(=O)c1ccc(C(=O)c2ccccc2)cc1. The fourth-order valence-corrected chi connectivity index (χ4v) is 1.78. The van der Waals surface area contributed by atoms with Gasteiger partial charge in [-0.3, -0.25) is 9.59 Å². The van der Waals surface area contributed by atoms with Crippen LogP contribution in [-0.2, 0) is 0 Å². The van der Waals surface area contributed by atoms with E-state index in [1.54, 1.807) is 43.3 Å². The van der Waals surface area contributed by atoms with Crippen LogP contribution >= 0.6 is 0 Å². The molecule has 2 aromatic rings. The van der Waals surface area contributed by atoms with Gasteiger partial charge >= 0.3 is 0 Å². The molecule has 0 saturated carbocycles. The maximum absolute atomic E-state index is 12.2. The van der Waals surface area contributed by atoms with Crippen LogP contribution in [0.2, 0.25) is 0 Å². The molecule has 0 aliphatic heterocycles. The molecule has 0 unspecified atom stereocenters. The van der Waals surface area contributed by atoms with Gasteiger partial charge in [0.2, 0.25) is 0 Å². The normalized spacial score (nSPS) is 9.95. The van der Waals surface area contributed by atoms with E-state index in [0.717, 1.165) is 0 Å². The van der Waals surface area contributed by atoms with Gasteiger partial charge in [-0.05, 0) is 12.5 Å². The van der Waals surface area contributed by atoms with E-state index in [4.69, 9.17) is 0 Å². The first-order chi connectivity index (χ1) is 9.09. The van der Waals surface area contributed by atoms with Gasteiger partial charge in [-0.2, -0.15) is 0 Å². The molecule has 2 aromatic carbocycles. The van der Waals surface area contributed by atoms with Crippen molar-refractivity contribution < 1.29 is 9.59 Å². The van der Waals surface area contributed by atoms with Crippen LogP contribution in [0.1, 0.15) is 33.2 Å². The van der Waals surface area contributed by atoms with Gasteiger partial charge in [-0.15, -0.1) is 0 Å². The lowest BCUT2D eigenvalue weighted by atomic mass is 9.99. The fourth-order valence-electron chi connectivity index (χ4n) is 1.78. The van der Waals surface area contributed by atoms with Crippen molar-refractivity contribution in [1.29, 1.82) is 0 Å². The Balaban J connectivity index is 2.26. The average Bonchev–Trinajstić information content (AvgIpc) is 2.46. The molecule has 0 aliphatic carbocycles. The summed E-state index contributed by atoms with van der Waals surface area (Å²) in [5.74, 6) is -0.145. The van der Waals surface area contributed by atoms with E-state index in [1.165, 1.54) is 0 Å². The topological polar surface area (TPSA) is 34.1 Å². The summed E-state index contributed by atoms with van der Waals surface area (Å²) in [4.78, 5) is 23.9. The Labute approximate surface area is 112 Å². The van der Waals surface area contributed by atoms with Gasteiger partial charge in [-0.1, -0.05) is 61.2 Å². The number of carbonyl (C=O) groups excluding carboxylic acids is 2. The van der Waals surface area contributed by atoms with Gasteiger partial charge in [0.15, 0.2) is 11.6 Å². The summed E-state index contributed by atoms with van der Waals surface area (Å²) in [6.07, 6.45) is 0. The Bertz CT molecular complexity index is 622. The minimum atomic E-state index is -0.0984. The minimum absolute atomic E-state index is 0.0464. The molecule has 0 saturated heterocycles. The van der Waals surface area contributed by atoms with Gasteiger partial charge in [0.05, 0.1) is 0 Å². The molecule has 94 valence electrons. The lowest BCUT2D eigenvalue weighted by Crippen LogP contribution is -2.03. The predicted molar refractivity (Wildman–Crippen MR) is 75.5 cm³/mol. The summed E-state index contributed by atoms with van der Waals surface area (Å²) in [5, 5.41) is 0. The van der Waals surface area contributed by atoms with Gasteiger partial charge < -0.3 is 0 Å². The van der Waals surface area contributed by atoms with E-state index < -0.39 is 0 Å². The van der Waals surface area contributed by atoms with Crippen molar-refractivity contribution in [1.82, 2.24) is 0 Å². The standard InChI is InChI=1S/C17H14O2/c1-12(2)16(18)14-8-10-15(11-9-14)17(19)13-6-4-3-5-7-13/h3-11H,1H2,2H3. The highest BCUT2D eigenvalue weighted by Crippen LogP contribution is 2.13. The first-order valence-electron chi connectivity index (χ1n) is 5.99. The van der Waals surface area contributed by atoms with E-state index in [1.807, 2.05) is 18.2 Å². The van der Waals surface area contributed by atoms with Crippen molar-refractivity contribution in [2.75, 3.05) is 0 Å². The van der Waals surface area contributed by atoms with Crippen LogP contribution in [0.25, 0.3) is 0 Å². The van der Waals surface area contributed by atoms with Crippen LogP contribution in [0.5, 0.6) is 0 Å². The monoisotopic (exact) mass is 250 g/mol. The molecule has 19 heavy (non-hydrogen) atoms. The lowest BCUT2D eigenvalue weighted by Gasteiger charge is -2.03. The van der Waals surface area contributed by atoms with Crippen molar-refractivity contribution in [3.05, 3.63) is 83.4 Å². The van der Waals surface area contributed by atoms with Crippen LogP contribution in [-0.4, -0.2) is 11.6 Å². The maximum Gasteiger partial charge on any atom is 0.193 e. The number of allylic oxidation sites excluding steroid dienone is 1. The third-order valence-corrected chi connectivity index (χ3v) is 2.83. The molecule has 2 heteroatoms. The van der Waals surface area contributed by atoms with Crippen molar-refractivity contribution in [3.8, 4) is 0 Å². The molecule has 0 amide bonds. The largest absolute Gasteiger partial charge is 0.289 e. The molecule has 0 N–H and O–H groups in total. The number of hydrogen-bond acceptors (Lipinski definition) is 2. The number of benzene rings is 2. The number of Topliss-reactive ketones (excluding diaryl/α,β-unsaturated/α-hetero) is 1. The fraction of sp³-hybridized carbons (Fsp3) is 0.0588. The number of rotatable bonds is 4. The van der Waals surface area contributed by atoms with Crippen molar-refractivity contribution in [2.45, 2.75) is 6.92 Å². The molecule has 0 aromatic heterocycles. The molecule has 0 aliphatic rings. The van der Waals surface area contributed by atoms with Crippen LogP contribution < -0.4 is 0 Å². The molecule has 0 atom stereocenters. The maximum atomic E-state index is 12.2. The third kappa shape index (κ3) is 2.86. The van der Waals surface area contributed by atoms with E-state index in [-0.39, 0.29) is 11.6 Å². The van der Waals surface area contributed by atoms with Gasteiger partial charge in [0.1, 0.15) is 0 Å². The summed E-state index contributed by atoms with van der Waals surface area (Å²) in [5.41, 5.74) is 2.25. The van der Waals surface area contributed by atoms with Crippen molar-refractivity contribution >= 4 is 11.6 Å². The Morgan fingerprint density at radius 1 is 0.789 bits per heavy atom. The first kappa shape index (κ1) is 13.0. The second-order valence-corrected chi connectivity index (χ2v) is 4.38. The van der Waals surface area contributed by atoms with E-state index in [9.17, 15) is 9.59 Å². The number of hydrogen-bond donors (Lipinski definition) is 0. The molecule has 2 nitrogen and oxygen atoms in total. The summed E-state index contributed by atoms with van der Waals surface area (Å²) in [6.45, 7) is 5.29. The summed E-state index contributed by atoms with van der Waals surface area (Å²) >= 11 is 0. The molecule has 0 bridgehead atoms. The van der Waals surface area contributed by atoms with Crippen LogP contribution in [0, 0.1) is 0 Å². The first-order valence-corrected chi connectivity index (χ1v) is 5.99. The van der Waals surface area contributed by atoms with Gasteiger partial charge in [0.25, 0.3) is 0 Å². The van der Waals surface area contributed by atoms with E-state index in [2.05, 4.69) is 6.58 Å². The highest BCUT2D eigenvalue weighted by molar-refractivity contribution is 6.11. The summed E-state index contributed by atoms with van der Waals surface area (Å²) < 4.78 is 0.